The van der Waals surface area contributed by atoms with Crippen molar-refractivity contribution in [2.24, 2.45) is 5.92 Å². The standard InChI is InChI=1S/C20H25N5O3S/c1-4-11-22-29(26,27)25-19-20(24-17-10-6-5-9-16(17)23-19)28-18(14(2)3)15-8-7-12-21-13-15/h5-10,12-14,18,22H,4,11H2,1-3H3,(H,23,25). The molecule has 0 aliphatic heterocycles. The number of benzene rings is 1. The molecule has 0 aliphatic carbocycles. The second-order valence-corrected chi connectivity index (χ2v) is 8.43. The third-order valence-electron chi connectivity index (χ3n) is 4.17. The zero-order valence-corrected chi connectivity index (χ0v) is 17.5. The molecule has 1 unspecified atom stereocenters. The Balaban J connectivity index is 2.02. The number of nitrogens with zero attached hydrogens (tertiary/aromatic N) is 3. The van der Waals surface area contributed by atoms with E-state index in [0.717, 1.165) is 5.56 Å². The molecule has 0 aliphatic rings. The monoisotopic (exact) mass is 415 g/mol. The number of hydrogen-bond donors (Lipinski definition) is 2. The molecule has 0 spiro atoms. The molecule has 2 heterocycles. The maximum absolute atomic E-state index is 12.4. The van der Waals surface area contributed by atoms with E-state index < -0.39 is 10.2 Å². The van der Waals surface area contributed by atoms with Gasteiger partial charge in [-0.15, -0.1) is 0 Å². The summed E-state index contributed by atoms with van der Waals surface area (Å²) in [6, 6.07) is 11.0. The van der Waals surface area contributed by atoms with Gasteiger partial charge in [-0.25, -0.2) is 9.97 Å². The number of aromatic nitrogens is 3. The van der Waals surface area contributed by atoms with Gasteiger partial charge in [0, 0.05) is 24.5 Å². The zero-order valence-electron chi connectivity index (χ0n) is 16.7. The van der Waals surface area contributed by atoms with Gasteiger partial charge in [-0.2, -0.15) is 13.1 Å². The number of hydrogen-bond acceptors (Lipinski definition) is 6. The van der Waals surface area contributed by atoms with E-state index >= 15 is 0 Å². The summed E-state index contributed by atoms with van der Waals surface area (Å²) in [7, 11) is -3.80. The normalized spacial score (nSPS) is 12.8. The highest BCUT2D eigenvalue weighted by Gasteiger charge is 2.23. The van der Waals surface area contributed by atoms with Crippen LogP contribution in [0.5, 0.6) is 5.88 Å². The van der Waals surface area contributed by atoms with E-state index in [0.29, 0.717) is 24.0 Å². The first kappa shape index (κ1) is 20.9. The summed E-state index contributed by atoms with van der Waals surface area (Å²) >= 11 is 0. The maximum atomic E-state index is 12.4. The largest absolute Gasteiger partial charge is 0.466 e. The molecule has 0 saturated heterocycles. The Kier molecular flexibility index (Phi) is 6.60. The van der Waals surface area contributed by atoms with Gasteiger partial charge in [0.15, 0.2) is 0 Å². The SMILES string of the molecule is CCCNS(=O)(=O)Nc1nc2ccccc2nc1OC(c1cccnc1)C(C)C. The molecule has 0 saturated carbocycles. The van der Waals surface area contributed by atoms with Crippen LogP contribution in [0, 0.1) is 5.92 Å². The average Bonchev–Trinajstić information content (AvgIpc) is 2.70. The van der Waals surface area contributed by atoms with Crippen LogP contribution >= 0.6 is 0 Å². The summed E-state index contributed by atoms with van der Waals surface area (Å²) in [5.41, 5.74) is 2.05. The summed E-state index contributed by atoms with van der Waals surface area (Å²) in [6.07, 6.45) is 3.72. The fourth-order valence-electron chi connectivity index (χ4n) is 2.79. The number of anilines is 1. The van der Waals surface area contributed by atoms with Crippen LogP contribution in [-0.2, 0) is 10.2 Å². The quantitative estimate of drug-likeness (QED) is 0.554. The van der Waals surface area contributed by atoms with Gasteiger partial charge < -0.3 is 4.74 Å². The van der Waals surface area contributed by atoms with Gasteiger partial charge in [0.25, 0.3) is 16.1 Å². The minimum absolute atomic E-state index is 0.0434. The van der Waals surface area contributed by atoms with Crippen LogP contribution in [0.15, 0.2) is 48.8 Å². The molecular formula is C20H25N5O3S. The maximum Gasteiger partial charge on any atom is 0.300 e. The zero-order chi connectivity index (χ0) is 20.9. The lowest BCUT2D eigenvalue weighted by molar-refractivity contribution is 0.147. The second kappa shape index (κ2) is 9.15. The minimum atomic E-state index is -3.80. The number of nitrogens with one attached hydrogen (secondary N) is 2. The lowest BCUT2D eigenvalue weighted by Gasteiger charge is -2.23. The van der Waals surface area contributed by atoms with Crippen molar-refractivity contribution in [2.75, 3.05) is 11.3 Å². The van der Waals surface area contributed by atoms with E-state index in [-0.39, 0.29) is 23.7 Å². The number of rotatable bonds is 9. The Morgan fingerprint density at radius 2 is 1.79 bits per heavy atom. The first-order chi connectivity index (χ1) is 13.9. The predicted octanol–water partition coefficient (Wildman–Crippen LogP) is 3.46. The highest BCUT2D eigenvalue weighted by molar-refractivity contribution is 7.90. The molecule has 0 amide bonds. The Hall–Kier alpha value is -2.78. The van der Waals surface area contributed by atoms with Crippen molar-refractivity contribution < 1.29 is 13.2 Å². The molecule has 0 bridgehead atoms. The van der Waals surface area contributed by atoms with Gasteiger partial charge in [0.2, 0.25) is 5.82 Å². The van der Waals surface area contributed by atoms with Crippen LogP contribution in [0.1, 0.15) is 38.9 Å². The van der Waals surface area contributed by atoms with Crippen LogP contribution in [0.3, 0.4) is 0 Å². The third-order valence-corrected chi connectivity index (χ3v) is 5.21. The van der Waals surface area contributed by atoms with E-state index in [9.17, 15) is 8.42 Å². The Morgan fingerprint density at radius 3 is 2.41 bits per heavy atom. The molecule has 0 radical (unpaired) electrons. The summed E-state index contributed by atoms with van der Waals surface area (Å²) in [5.74, 6) is 0.255. The van der Waals surface area contributed by atoms with Gasteiger partial charge in [-0.05, 0) is 30.5 Å². The topological polar surface area (TPSA) is 106 Å². The van der Waals surface area contributed by atoms with Gasteiger partial charge in [0.1, 0.15) is 6.10 Å². The van der Waals surface area contributed by atoms with E-state index in [1.165, 1.54) is 0 Å². The molecule has 3 aromatic rings. The van der Waals surface area contributed by atoms with Crippen molar-refractivity contribution in [3.8, 4) is 5.88 Å². The number of ether oxygens (including phenoxy) is 1. The van der Waals surface area contributed by atoms with E-state index in [1.807, 2.05) is 45.0 Å². The molecule has 3 rings (SSSR count). The summed E-state index contributed by atoms with van der Waals surface area (Å²) in [5, 5.41) is 0. The fraction of sp³-hybridized carbons (Fsp3) is 0.350. The molecule has 9 heteroatoms. The van der Waals surface area contributed by atoms with Gasteiger partial charge in [0.05, 0.1) is 11.0 Å². The number of pyridine rings is 1. The van der Waals surface area contributed by atoms with E-state index in [1.54, 1.807) is 24.5 Å². The van der Waals surface area contributed by atoms with Gasteiger partial charge in [-0.1, -0.05) is 39.0 Å². The van der Waals surface area contributed by atoms with Crippen molar-refractivity contribution in [1.29, 1.82) is 0 Å². The van der Waals surface area contributed by atoms with Crippen LogP contribution in [0.4, 0.5) is 5.82 Å². The first-order valence-electron chi connectivity index (χ1n) is 9.50. The minimum Gasteiger partial charge on any atom is -0.466 e. The highest BCUT2D eigenvalue weighted by Crippen LogP contribution is 2.32. The summed E-state index contributed by atoms with van der Waals surface area (Å²) in [6.45, 7) is 6.22. The third kappa shape index (κ3) is 5.39. The first-order valence-corrected chi connectivity index (χ1v) is 11.0. The van der Waals surface area contributed by atoms with Crippen molar-refractivity contribution in [3.05, 3.63) is 54.4 Å². The van der Waals surface area contributed by atoms with Crippen molar-refractivity contribution in [3.63, 3.8) is 0 Å². The van der Waals surface area contributed by atoms with Crippen LogP contribution in [0.25, 0.3) is 11.0 Å². The van der Waals surface area contributed by atoms with E-state index in [2.05, 4.69) is 24.4 Å². The smallest absolute Gasteiger partial charge is 0.300 e. The molecule has 0 fully saturated rings. The molecule has 1 aromatic carbocycles. The molecule has 154 valence electrons. The molecule has 29 heavy (non-hydrogen) atoms. The molecule has 1 atom stereocenters. The second-order valence-electron chi connectivity index (χ2n) is 6.93. The Bertz CT molecular complexity index is 1060. The molecule has 8 nitrogen and oxygen atoms in total. The Labute approximate surface area is 170 Å². The van der Waals surface area contributed by atoms with Gasteiger partial charge >= 0.3 is 0 Å². The van der Waals surface area contributed by atoms with Crippen LogP contribution < -0.4 is 14.2 Å². The lowest BCUT2D eigenvalue weighted by Crippen LogP contribution is -2.31. The molecule has 2 N–H and O–H groups in total. The van der Waals surface area contributed by atoms with Crippen molar-refractivity contribution in [1.82, 2.24) is 19.7 Å². The highest BCUT2D eigenvalue weighted by atomic mass is 32.2. The average molecular weight is 416 g/mol. The van der Waals surface area contributed by atoms with E-state index in [4.69, 9.17) is 4.74 Å². The number of para-hydroxylation sites is 2. The molecule has 2 aromatic heterocycles. The lowest BCUT2D eigenvalue weighted by atomic mass is 10.0. The Morgan fingerprint density at radius 1 is 1.07 bits per heavy atom. The van der Waals surface area contributed by atoms with Gasteiger partial charge in [-0.3, -0.25) is 9.71 Å². The van der Waals surface area contributed by atoms with Crippen LogP contribution in [-0.4, -0.2) is 29.9 Å². The summed E-state index contributed by atoms with van der Waals surface area (Å²) < 4.78 is 35.9. The van der Waals surface area contributed by atoms with Crippen molar-refractivity contribution >= 4 is 27.1 Å². The van der Waals surface area contributed by atoms with Crippen molar-refractivity contribution in [2.45, 2.75) is 33.3 Å². The van der Waals surface area contributed by atoms with Crippen LogP contribution in [0.2, 0.25) is 0 Å². The fourth-order valence-corrected chi connectivity index (χ4v) is 3.72. The summed E-state index contributed by atoms with van der Waals surface area (Å²) in [4.78, 5) is 13.1. The predicted molar refractivity (Wildman–Crippen MR) is 113 cm³/mol. The number of fused-ring (bicyclic) bond motifs is 1. The molecular weight excluding hydrogens is 390 g/mol.